The highest BCUT2D eigenvalue weighted by atomic mass is 35.5. The van der Waals surface area contributed by atoms with Gasteiger partial charge >= 0.3 is 0 Å². The first-order valence-electron chi connectivity index (χ1n) is 6.69. The Kier molecular flexibility index (Phi) is 4.40. The van der Waals surface area contributed by atoms with Crippen molar-refractivity contribution in [2.24, 2.45) is 7.05 Å². The van der Waals surface area contributed by atoms with Crippen LogP contribution in [0.3, 0.4) is 0 Å². The van der Waals surface area contributed by atoms with E-state index in [0.29, 0.717) is 0 Å². The number of aromatic nitrogens is 4. The molecule has 1 aliphatic heterocycles. The van der Waals surface area contributed by atoms with Crippen LogP contribution in [0.4, 0.5) is 0 Å². The molecule has 6 heteroatoms. The van der Waals surface area contributed by atoms with Gasteiger partial charge in [0.25, 0.3) is 0 Å². The number of rotatable bonds is 2. The van der Waals surface area contributed by atoms with Crippen molar-refractivity contribution >= 4 is 12.4 Å². The number of benzene rings is 1. The molecule has 108 valence electrons. The van der Waals surface area contributed by atoms with Crippen LogP contribution in [0.25, 0.3) is 0 Å². The minimum Gasteiger partial charge on any atom is -0.306 e. The summed E-state index contributed by atoms with van der Waals surface area (Å²) in [7, 11) is 4.10. The number of nitrogens with zero attached hydrogens (tertiary/aromatic N) is 5. The monoisotopic (exact) mass is 293 g/mol. The fourth-order valence-corrected chi connectivity index (χ4v) is 3.03. The molecule has 2 heterocycles. The molecule has 20 heavy (non-hydrogen) atoms. The number of aryl methyl sites for hydroxylation is 1. The number of piperidine rings is 1. The fraction of sp³-hybridized carbons (Fsp3) is 0.500. The summed E-state index contributed by atoms with van der Waals surface area (Å²) < 4.78 is 1.82. The SMILES string of the molecule is CN1CCC(c2ccccc2)(c2nnnn2C)CC1.Cl. The summed E-state index contributed by atoms with van der Waals surface area (Å²) in [6.07, 6.45) is 2.11. The number of hydrogen-bond donors (Lipinski definition) is 0. The summed E-state index contributed by atoms with van der Waals surface area (Å²) in [5.74, 6) is 0.979. The van der Waals surface area contributed by atoms with Crippen LogP contribution in [0.1, 0.15) is 24.2 Å². The van der Waals surface area contributed by atoms with Gasteiger partial charge in [-0.25, -0.2) is 4.68 Å². The van der Waals surface area contributed by atoms with Gasteiger partial charge in [-0.05, 0) is 49.0 Å². The molecule has 5 nitrogen and oxygen atoms in total. The summed E-state index contributed by atoms with van der Waals surface area (Å²) in [4.78, 5) is 2.37. The maximum Gasteiger partial charge on any atom is 0.161 e. The third-order valence-corrected chi connectivity index (χ3v) is 4.22. The Morgan fingerprint density at radius 3 is 2.25 bits per heavy atom. The van der Waals surface area contributed by atoms with E-state index in [1.807, 2.05) is 11.7 Å². The third-order valence-electron chi connectivity index (χ3n) is 4.22. The molecule has 0 unspecified atom stereocenters. The zero-order valence-corrected chi connectivity index (χ0v) is 12.7. The molecule has 0 spiro atoms. The molecule has 1 saturated heterocycles. The lowest BCUT2D eigenvalue weighted by Gasteiger charge is -2.39. The Morgan fingerprint density at radius 1 is 1.05 bits per heavy atom. The Bertz CT molecular complexity index is 546. The van der Waals surface area contributed by atoms with Crippen molar-refractivity contribution in [3.63, 3.8) is 0 Å². The standard InChI is InChI=1S/C14H19N5.ClH/c1-18-10-8-14(9-11-18,12-6-4-3-5-7-12)13-15-16-17-19(13)2;/h3-7H,8-11H2,1-2H3;1H. The Morgan fingerprint density at radius 2 is 1.70 bits per heavy atom. The largest absolute Gasteiger partial charge is 0.306 e. The smallest absolute Gasteiger partial charge is 0.161 e. The molecule has 2 aromatic rings. The number of hydrogen-bond acceptors (Lipinski definition) is 4. The van der Waals surface area contributed by atoms with Gasteiger partial charge in [-0.15, -0.1) is 17.5 Å². The predicted octanol–water partition coefficient (Wildman–Crippen LogP) is 1.64. The predicted molar refractivity (Wildman–Crippen MR) is 80.0 cm³/mol. The molecule has 0 amide bonds. The van der Waals surface area contributed by atoms with Crippen molar-refractivity contribution in [1.82, 2.24) is 25.1 Å². The van der Waals surface area contributed by atoms with E-state index in [-0.39, 0.29) is 17.8 Å². The van der Waals surface area contributed by atoms with Crippen molar-refractivity contribution < 1.29 is 0 Å². The summed E-state index contributed by atoms with van der Waals surface area (Å²) in [6.45, 7) is 2.14. The highest BCUT2D eigenvalue weighted by molar-refractivity contribution is 5.85. The molecule has 0 saturated carbocycles. The molecule has 1 aliphatic rings. The first-order chi connectivity index (χ1) is 9.22. The second-order valence-corrected chi connectivity index (χ2v) is 5.38. The molecule has 1 fully saturated rings. The van der Waals surface area contributed by atoms with Gasteiger partial charge in [0.15, 0.2) is 5.82 Å². The Balaban J connectivity index is 0.00000147. The van der Waals surface area contributed by atoms with Crippen LogP contribution in [0.5, 0.6) is 0 Å². The minimum atomic E-state index is -0.0496. The van der Waals surface area contributed by atoms with Gasteiger partial charge in [0.05, 0.1) is 5.41 Å². The molecule has 0 atom stereocenters. The van der Waals surface area contributed by atoms with Gasteiger partial charge in [-0.2, -0.15) is 0 Å². The van der Waals surface area contributed by atoms with E-state index in [9.17, 15) is 0 Å². The average Bonchev–Trinajstić information content (AvgIpc) is 2.88. The van der Waals surface area contributed by atoms with E-state index in [1.54, 1.807) is 0 Å². The van der Waals surface area contributed by atoms with Crippen LogP contribution in [-0.4, -0.2) is 45.2 Å². The fourth-order valence-electron chi connectivity index (χ4n) is 3.03. The summed E-state index contributed by atoms with van der Waals surface area (Å²) >= 11 is 0. The van der Waals surface area contributed by atoms with Crippen molar-refractivity contribution in [2.75, 3.05) is 20.1 Å². The third kappa shape index (κ3) is 2.43. The molecule has 0 radical (unpaired) electrons. The van der Waals surface area contributed by atoms with Crippen LogP contribution in [-0.2, 0) is 12.5 Å². The molecule has 3 rings (SSSR count). The number of tetrazole rings is 1. The summed E-state index contributed by atoms with van der Waals surface area (Å²) in [6, 6.07) is 10.6. The molecule has 0 aliphatic carbocycles. The van der Waals surface area contributed by atoms with Crippen LogP contribution in [0.2, 0.25) is 0 Å². The molecule has 0 bridgehead atoms. The number of halogens is 1. The topological polar surface area (TPSA) is 46.8 Å². The van der Waals surface area contributed by atoms with Crippen molar-refractivity contribution in [1.29, 1.82) is 0 Å². The van der Waals surface area contributed by atoms with E-state index in [4.69, 9.17) is 0 Å². The van der Waals surface area contributed by atoms with Crippen LogP contribution < -0.4 is 0 Å². The van der Waals surface area contributed by atoms with Crippen molar-refractivity contribution in [2.45, 2.75) is 18.3 Å². The molecular weight excluding hydrogens is 274 g/mol. The highest BCUT2D eigenvalue weighted by Crippen LogP contribution is 2.39. The first kappa shape index (κ1) is 14.9. The zero-order chi connectivity index (χ0) is 13.3. The van der Waals surface area contributed by atoms with Gasteiger partial charge in [-0.1, -0.05) is 30.3 Å². The molecular formula is C14H20ClN5. The van der Waals surface area contributed by atoms with E-state index >= 15 is 0 Å². The van der Waals surface area contributed by atoms with Crippen LogP contribution in [0.15, 0.2) is 30.3 Å². The Labute approximate surface area is 125 Å². The van der Waals surface area contributed by atoms with Gasteiger partial charge in [0.1, 0.15) is 0 Å². The van der Waals surface area contributed by atoms with E-state index in [2.05, 4.69) is 57.8 Å². The maximum absolute atomic E-state index is 4.30. The Hall–Kier alpha value is -1.46. The quantitative estimate of drug-likeness (QED) is 0.845. The van der Waals surface area contributed by atoms with E-state index in [1.165, 1.54) is 5.56 Å². The van der Waals surface area contributed by atoms with Crippen molar-refractivity contribution in [3.8, 4) is 0 Å². The van der Waals surface area contributed by atoms with Crippen molar-refractivity contribution in [3.05, 3.63) is 41.7 Å². The minimum absolute atomic E-state index is 0. The second kappa shape index (κ2) is 5.89. The maximum atomic E-state index is 4.30. The van der Waals surface area contributed by atoms with Gasteiger partial charge < -0.3 is 4.90 Å². The van der Waals surface area contributed by atoms with Gasteiger partial charge in [-0.3, -0.25) is 0 Å². The lowest BCUT2D eigenvalue weighted by atomic mass is 9.72. The molecule has 0 N–H and O–H groups in total. The van der Waals surface area contributed by atoms with Gasteiger partial charge in [0.2, 0.25) is 0 Å². The zero-order valence-electron chi connectivity index (χ0n) is 11.9. The average molecular weight is 294 g/mol. The lowest BCUT2D eigenvalue weighted by Crippen LogP contribution is -2.43. The molecule has 1 aromatic heterocycles. The second-order valence-electron chi connectivity index (χ2n) is 5.38. The van der Waals surface area contributed by atoms with E-state index in [0.717, 1.165) is 31.8 Å². The first-order valence-corrected chi connectivity index (χ1v) is 6.69. The van der Waals surface area contributed by atoms with Gasteiger partial charge in [0, 0.05) is 7.05 Å². The van der Waals surface area contributed by atoms with E-state index < -0.39 is 0 Å². The normalized spacial score (nSPS) is 18.5. The lowest BCUT2D eigenvalue weighted by molar-refractivity contribution is 0.203. The summed E-state index contributed by atoms with van der Waals surface area (Å²) in [5, 5.41) is 12.2. The summed E-state index contributed by atoms with van der Waals surface area (Å²) in [5.41, 5.74) is 1.27. The number of likely N-dealkylation sites (tertiary alicyclic amines) is 1. The van der Waals surface area contributed by atoms with Crippen LogP contribution in [0, 0.1) is 0 Å². The molecule has 1 aromatic carbocycles. The van der Waals surface area contributed by atoms with Crippen LogP contribution >= 0.6 is 12.4 Å². The highest BCUT2D eigenvalue weighted by Gasteiger charge is 2.41.